The highest BCUT2D eigenvalue weighted by atomic mass is 35.5. The lowest BCUT2D eigenvalue weighted by Gasteiger charge is -2.15. The van der Waals surface area contributed by atoms with Gasteiger partial charge < -0.3 is 15.5 Å². The van der Waals surface area contributed by atoms with Gasteiger partial charge in [-0.2, -0.15) is 0 Å². The highest BCUT2D eigenvalue weighted by Crippen LogP contribution is 2.21. The number of phenolic OH excluding ortho intramolecular Hbond substituents is 1. The Balaban J connectivity index is 1.84. The zero-order chi connectivity index (χ0) is 15.1. The van der Waals surface area contributed by atoms with Crippen LogP contribution in [0.2, 0.25) is 5.02 Å². The Morgan fingerprint density at radius 1 is 1.24 bits per heavy atom. The molecule has 0 amide bonds. The molecule has 0 saturated heterocycles. The number of nitrogens with zero attached hydrogens (tertiary/aromatic N) is 1. The molecule has 0 fully saturated rings. The number of aliphatic hydroxyl groups excluding tert-OH is 1. The summed E-state index contributed by atoms with van der Waals surface area (Å²) in [6.45, 7) is 1.23. The van der Waals surface area contributed by atoms with Crippen molar-refractivity contribution in [1.82, 2.24) is 10.3 Å². The minimum absolute atomic E-state index is 0.0845. The molecule has 0 aliphatic heterocycles. The van der Waals surface area contributed by atoms with E-state index < -0.39 is 0 Å². The van der Waals surface area contributed by atoms with Crippen molar-refractivity contribution in [2.24, 2.45) is 5.92 Å². The average molecular weight is 307 g/mol. The van der Waals surface area contributed by atoms with E-state index in [-0.39, 0.29) is 18.3 Å². The first-order valence-corrected chi connectivity index (χ1v) is 7.25. The van der Waals surface area contributed by atoms with Gasteiger partial charge in [0.1, 0.15) is 5.75 Å². The van der Waals surface area contributed by atoms with Gasteiger partial charge in [0.15, 0.2) is 0 Å². The summed E-state index contributed by atoms with van der Waals surface area (Å²) in [5.74, 6) is 0.304. The summed E-state index contributed by atoms with van der Waals surface area (Å²) in [5.41, 5.74) is 1.71. The third-order valence-electron chi connectivity index (χ3n) is 3.27. The van der Waals surface area contributed by atoms with E-state index in [1.54, 1.807) is 24.4 Å². The Labute approximate surface area is 129 Å². The van der Waals surface area contributed by atoms with Crippen molar-refractivity contribution in [2.45, 2.75) is 13.0 Å². The Morgan fingerprint density at radius 3 is 2.81 bits per heavy atom. The number of aliphatic hydroxyl groups is 1. The first-order chi connectivity index (χ1) is 10.2. The van der Waals surface area contributed by atoms with Gasteiger partial charge in [0.2, 0.25) is 0 Å². The maximum Gasteiger partial charge on any atom is 0.120 e. The lowest BCUT2D eigenvalue weighted by Crippen LogP contribution is -2.26. The molecule has 1 aromatic carbocycles. The second-order valence-electron chi connectivity index (χ2n) is 4.98. The lowest BCUT2D eigenvalue weighted by atomic mass is 10.0. The Bertz CT molecular complexity index is 563. The van der Waals surface area contributed by atoms with Gasteiger partial charge >= 0.3 is 0 Å². The van der Waals surface area contributed by atoms with Crippen LogP contribution in [0.15, 0.2) is 42.6 Å². The van der Waals surface area contributed by atoms with Crippen LogP contribution in [0.25, 0.3) is 0 Å². The molecule has 0 saturated carbocycles. The van der Waals surface area contributed by atoms with E-state index in [0.29, 0.717) is 24.5 Å². The van der Waals surface area contributed by atoms with Crippen molar-refractivity contribution < 1.29 is 10.2 Å². The summed E-state index contributed by atoms with van der Waals surface area (Å²) in [5, 5.41) is 23.0. The second kappa shape index (κ2) is 7.98. The van der Waals surface area contributed by atoms with E-state index in [0.717, 1.165) is 11.3 Å². The van der Waals surface area contributed by atoms with E-state index in [4.69, 9.17) is 11.6 Å². The molecule has 0 aliphatic rings. The molecule has 21 heavy (non-hydrogen) atoms. The number of hydrogen-bond acceptors (Lipinski definition) is 4. The molecule has 0 bridgehead atoms. The number of aromatic nitrogens is 1. The first kappa shape index (κ1) is 15.8. The molecule has 2 aromatic rings. The van der Waals surface area contributed by atoms with Crippen LogP contribution >= 0.6 is 11.6 Å². The van der Waals surface area contributed by atoms with Gasteiger partial charge in [-0.05, 0) is 42.7 Å². The van der Waals surface area contributed by atoms with Crippen molar-refractivity contribution in [3.05, 3.63) is 58.9 Å². The van der Waals surface area contributed by atoms with Crippen LogP contribution in [0.5, 0.6) is 5.75 Å². The highest BCUT2D eigenvalue weighted by molar-refractivity contribution is 6.30. The molecule has 2 rings (SSSR count). The topological polar surface area (TPSA) is 65.4 Å². The lowest BCUT2D eigenvalue weighted by molar-refractivity contribution is 0.220. The number of aromatic hydroxyl groups is 1. The van der Waals surface area contributed by atoms with Crippen LogP contribution in [0.4, 0.5) is 0 Å². The smallest absolute Gasteiger partial charge is 0.120 e. The van der Waals surface area contributed by atoms with Crippen molar-refractivity contribution >= 4 is 11.6 Å². The molecule has 0 spiro atoms. The number of phenols is 1. The van der Waals surface area contributed by atoms with Crippen molar-refractivity contribution in [1.29, 1.82) is 0 Å². The van der Waals surface area contributed by atoms with E-state index in [9.17, 15) is 10.2 Å². The zero-order valence-corrected chi connectivity index (χ0v) is 12.4. The minimum Gasteiger partial charge on any atom is -0.508 e. The predicted octanol–water partition coefficient (Wildman–Crippen LogP) is 2.38. The minimum atomic E-state index is 0.0845. The number of rotatable bonds is 7. The Kier molecular flexibility index (Phi) is 5.99. The molecule has 112 valence electrons. The number of benzene rings is 1. The largest absolute Gasteiger partial charge is 0.508 e. The van der Waals surface area contributed by atoms with Crippen molar-refractivity contribution in [2.75, 3.05) is 13.2 Å². The van der Waals surface area contributed by atoms with Crippen LogP contribution < -0.4 is 5.32 Å². The molecule has 0 radical (unpaired) electrons. The summed E-state index contributed by atoms with van der Waals surface area (Å²) in [6, 6.07) is 10.7. The summed E-state index contributed by atoms with van der Waals surface area (Å²) in [6.07, 6.45) is 2.47. The predicted molar refractivity (Wildman–Crippen MR) is 83.3 cm³/mol. The molecule has 4 nitrogen and oxygen atoms in total. The summed E-state index contributed by atoms with van der Waals surface area (Å²) >= 11 is 5.91. The Morgan fingerprint density at radius 2 is 2.10 bits per heavy atom. The number of nitrogens with one attached hydrogen (secondary N) is 1. The maximum atomic E-state index is 9.73. The third-order valence-corrected chi connectivity index (χ3v) is 3.51. The van der Waals surface area contributed by atoms with Gasteiger partial charge in [0.05, 0.1) is 0 Å². The van der Waals surface area contributed by atoms with E-state index in [1.807, 2.05) is 18.2 Å². The first-order valence-electron chi connectivity index (χ1n) is 6.88. The van der Waals surface area contributed by atoms with E-state index in [1.165, 1.54) is 0 Å². The number of halogens is 1. The van der Waals surface area contributed by atoms with Crippen molar-refractivity contribution in [3.63, 3.8) is 0 Å². The fraction of sp³-hybridized carbons (Fsp3) is 0.312. The SMILES string of the molecule is OCC(CNCc1cc(Cl)ccc1O)Cc1ccccn1. The summed E-state index contributed by atoms with van der Waals surface area (Å²) in [4.78, 5) is 4.26. The molecule has 3 N–H and O–H groups in total. The van der Waals surface area contributed by atoms with Crippen LogP contribution in [0.1, 0.15) is 11.3 Å². The van der Waals surface area contributed by atoms with Crippen molar-refractivity contribution in [3.8, 4) is 5.75 Å². The molecule has 1 unspecified atom stereocenters. The highest BCUT2D eigenvalue weighted by Gasteiger charge is 2.10. The standard InChI is InChI=1S/C16H19ClN2O2/c17-14-4-5-16(21)13(8-14)10-18-9-12(11-20)7-15-3-1-2-6-19-15/h1-6,8,12,18,20-21H,7,9-11H2. The van der Waals surface area contributed by atoms with Crippen LogP contribution in [-0.2, 0) is 13.0 Å². The average Bonchev–Trinajstić information content (AvgIpc) is 2.50. The molecule has 1 heterocycles. The quantitative estimate of drug-likeness (QED) is 0.735. The third kappa shape index (κ3) is 5.01. The number of pyridine rings is 1. The fourth-order valence-corrected chi connectivity index (χ4v) is 2.32. The van der Waals surface area contributed by atoms with Gasteiger partial charge in [0, 0.05) is 42.2 Å². The van der Waals surface area contributed by atoms with Gasteiger partial charge in [-0.25, -0.2) is 0 Å². The van der Waals surface area contributed by atoms with Gasteiger partial charge in [-0.1, -0.05) is 17.7 Å². The van der Waals surface area contributed by atoms with Gasteiger partial charge in [-0.15, -0.1) is 0 Å². The molecule has 1 atom stereocenters. The molecular weight excluding hydrogens is 288 g/mol. The monoisotopic (exact) mass is 306 g/mol. The van der Waals surface area contributed by atoms with E-state index in [2.05, 4.69) is 10.3 Å². The van der Waals surface area contributed by atoms with E-state index >= 15 is 0 Å². The van der Waals surface area contributed by atoms with Crippen LogP contribution in [0.3, 0.4) is 0 Å². The normalized spacial score (nSPS) is 12.3. The molecule has 5 heteroatoms. The van der Waals surface area contributed by atoms with Gasteiger partial charge in [-0.3, -0.25) is 4.98 Å². The summed E-state index contributed by atoms with van der Waals surface area (Å²) in [7, 11) is 0. The fourth-order valence-electron chi connectivity index (χ4n) is 2.12. The second-order valence-corrected chi connectivity index (χ2v) is 5.41. The zero-order valence-electron chi connectivity index (χ0n) is 11.7. The van der Waals surface area contributed by atoms with Crippen LogP contribution in [-0.4, -0.2) is 28.3 Å². The van der Waals surface area contributed by atoms with Crippen LogP contribution in [0, 0.1) is 5.92 Å². The summed E-state index contributed by atoms with van der Waals surface area (Å²) < 4.78 is 0. The number of hydrogen-bond donors (Lipinski definition) is 3. The Hall–Kier alpha value is -1.62. The molecule has 1 aromatic heterocycles. The molecule has 0 aliphatic carbocycles. The maximum absolute atomic E-state index is 9.73. The van der Waals surface area contributed by atoms with Gasteiger partial charge in [0.25, 0.3) is 0 Å². The molecular formula is C16H19ClN2O2.